The van der Waals surface area contributed by atoms with Gasteiger partial charge in [-0.25, -0.2) is 9.97 Å². The Morgan fingerprint density at radius 3 is 2.88 bits per heavy atom. The molecule has 0 saturated carbocycles. The third-order valence-electron chi connectivity index (χ3n) is 1.96. The summed E-state index contributed by atoms with van der Waals surface area (Å²) in [4.78, 5) is 12.1. The fourth-order valence-corrected chi connectivity index (χ4v) is 1.21. The van der Waals surface area contributed by atoms with Crippen molar-refractivity contribution < 1.29 is 4.74 Å². The lowest BCUT2D eigenvalue weighted by Gasteiger charge is -1.99. The summed E-state index contributed by atoms with van der Waals surface area (Å²) in [6, 6.07) is 1.72. The van der Waals surface area contributed by atoms with Gasteiger partial charge in [-0.1, -0.05) is 0 Å². The van der Waals surface area contributed by atoms with Gasteiger partial charge in [0.25, 0.3) is 5.95 Å². The molecular weight excluding hydrogens is 222 g/mol. The molecule has 0 aliphatic carbocycles. The number of rotatable bonds is 5. The van der Waals surface area contributed by atoms with Crippen molar-refractivity contribution in [2.24, 2.45) is 0 Å². The Hall–Kier alpha value is -2.22. The number of hydrogen-bond acceptors (Lipinski definition) is 7. The highest BCUT2D eigenvalue weighted by Crippen LogP contribution is 2.08. The maximum atomic E-state index is 5.72. The molecule has 0 atom stereocenters. The first kappa shape index (κ1) is 11.3. The monoisotopic (exact) mass is 235 g/mol. The average molecular weight is 235 g/mol. The predicted octanol–water partition coefficient (Wildman–Crippen LogP) is -0.302. The molecule has 0 amide bonds. The van der Waals surface area contributed by atoms with Crippen LogP contribution in [0.15, 0.2) is 18.5 Å². The van der Waals surface area contributed by atoms with E-state index in [9.17, 15) is 0 Å². The molecule has 2 heterocycles. The van der Waals surface area contributed by atoms with Gasteiger partial charge in [-0.15, -0.1) is 5.10 Å². The van der Waals surface area contributed by atoms with Crippen molar-refractivity contribution in [1.82, 2.24) is 24.7 Å². The zero-order valence-corrected chi connectivity index (χ0v) is 9.37. The van der Waals surface area contributed by atoms with Crippen LogP contribution in [0.4, 0.5) is 11.9 Å². The smallest absolute Gasteiger partial charge is 0.253 e. The maximum absolute atomic E-state index is 5.72. The van der Waals surface area contributed by atoms with Crippen LogP contribution < -0.4 is 11.1 Å². The molecule has 0 fully saturated rings. The Morgan fingerprint density at radius 2 is 2.18 bits per heavy atom. The second kappa shape index (κ2) is 5.21. The first-order valence-electron chi connectivity index (χ1n) is 5.04. The molecule has 0 unspecified atom stereocenters. The van der Waals surface area contributed by atoms with Gasteiger partial charge in [0.05, 0.1) is 6.61 Å². The summed E-state index contributed by atoms with van der Waals surface area (Å²) < 4.78 is 6.27. The predicted molar refractivity (Wildman–Crippen MR) is 61.7 cm³/mol. The highest BCUT2D eigenvalue weighted by atomic mass is 16.5. The van der Waals surface area contributed by atoms with E-state index in [0.29, 0.717) is 25.0 Å². The van der Waals surface area contributed by atoms with Gasteiger partial charge in [0.1, 0.15) is 0 Å². The Kier molecular flexibility index (Phi) is 3.46. The third-order valence-corrected chi connectivity index (χ3v) is 1.96. The largest absolute Gasteiger partial charge is 0.383 e. The van der Waals surface area contributed by atoms with Crippen LogP contribution in [0.25, 0.3) is 5.95 Å². The van der Waals surface area contributed by atoms with Crippen LogP contribution in [-0.2, 0) is 4.74 Å². The lowest BCUT2D eigenvalue weighted by atomic mass is 10.7. The minimum absolute atomic E-state index is 0.233. The van der Waals surface area contributed by atoms with Gasteiger partial charge in [-0.05, 0) is 6.07 Å². The van der Waals surface area contributed by atoms with Crippen LogP contribution in [-0.4, -0.2) is 45.0 Å². The number of ether oxygens (including phenoxy) is 1. The van der Waals surface area contributed by atoms with Gasteiger partial charge < -0.3 is 15.8 Å². The van der Waals surface area contributed by atoms with E-state index in [1.807, 2.05) is 0 Å². The fraction of sp³-hybridized carbons (Fsp3) is 0.333. The van der Waals surface area contributed by atoms with Gasteiger partial charge in [-0.3, -0.25) is 0 Å². The minimum Gasteiger partial charge on any atom is -0.383 e. The van der Waals surface area contributed by atoms with Crippen molar-refractivity contribution in [3.05, 3.63) is 18.5 Å². The van der Waals surface area contributed by atoms with E-state index in [4.69, 9.17) is 10.5 Å². The summed E-state index contributed by atoms with van der Waals surface area (Å²) in [6.45, 7) is 1.17. The number of nitrogens with zero attached hydrogens (tertiary/aromatic N) is 5. The van der Waals surface area contributed by atoms with Crippen LogP contribution in [0.5, 0.6) is 0 Å². The standard InChI is InChI=1S/C9H13N7O/c1-17-6-5-11-8-14-7(10)16(15-8)9-12-3-2-4-13-9/h2-4H,5-6H2,1H3,(H3,10,11,14,15). The highest BCUT2D eigenvalue weighted by molar-refractivity contribution is 5.35. The second-order valence-corrected chi connectivity index (χ2v) is 3.17. The van der Waals surface area contributed by atoms with Crippen molar-refractivity contribution in [2.45, 2.75) is 0 Å². The first-order valence-corrected chi connectivity index (χ1v) is 5.04. The zero-order valence-electron chi connectivity index (χ0n) is 9.37. The average Bonchev–Trinajstić information content (AvgIpc) is 2.72. The van der Waals surface area contributed by atoms with Crippen LogP contribution in [0.3, 0.4) is 0 Å². The summed E-state index contributed by atoms with van der Waals surface area (Å²) >= 11 is 0. The van der Waals surface area contributed by atoms with Crippen LogP contribution in [0.1, 0.15) is 0 Å². The number of anilines is 2. The normalized spacial score (nSPS) is 10.4. The van der Waals surface area contributed by atoms with Crippen molar-refractivity contribution in [3.8, 4) is 5.95 Å². The Bertz CT molecular complexity index is 469. The Morgan fingerprint density at radius 1 is 1.41 bits per heavy atom. The number of nitrogens with two attached hydrogens (primary N) is 1. The summed E-state index contributed by atoms with van der Waals surface area (Å²) in [5.74, 6) is 1.04. The molecule has 8 nitrogen and oxygen atoms in total. The highest BCUT2D eigenvalue weighted by Gasteiger charge is 2.09. The van der Waals surface area contributed by atoms with E-state index < -0.39 is 0 Å². The number of aromatic nitrogens is 5. The van der Waals surface area contributed by atoms with E-state index in [1.165, 1.54) is 4.68 Å². The lowest BCUT2D eigenvalue weighted by molar-refractivity contribution is 0.210. The summed E-state index contributed by atoms with van der Waals surface area (Å²) in [5.41, 5.74) is 5.72. The molecule has 0 aromatic carbocycles. The van der Waals surface area contributed by atoms with Crippen LogP contribution >= 0.6 is 0 Å². The van der Waals surface area contributed by atoms with Gasteiger partial charge in [0, 0.05) is 26.0 Å². The molecule has 90 valence electrons. The van der Waals surface area contributed by atoms with Crippen molar-refractivity contribution in [1.29, 1.82) is 0 Å². The van der Waals surface area contributed by atoms with E-state index in [0.717, 1.165) is 0 Å². The topological polar surface area (TPSA) is 104 Å². The molecule has 17 heavy (non-hydrogen) atoms. The molecular formula is C9H13N7O. The van der Waals surface area contributed by atoms with Gasteiger partial charge in [-0.2, -0.15) is 9.67 Å². The molecule has 0 saturated heterocycles. The fourth-order valence-electron chi connectivity index (χ4n) is 1.21. The Labute approximate surface area is 97.9 Å². The molecule has 0 aliphatic rings. The number of nitrogen functional groups attached to an aromatic ring is 1. The van der Waals surface area contributed by atoms with Gasteiger partial charge >= 0.3 is 0 Å². The number of hydrogen-bond donors (Lipinski definition) is 2. The van der Waals surface area contributed by atoms with E-state index in [-0.39, 0.29) is 5.95 Å². The lowest BCUT2D eigenvalue weighted by Crippen LogP contribution is -2.09. The summed E-state index contributed by atoms with van der Waals surface area (Å²) in [5, 5.41) is 7.11. The van der Waals surface area contributed by atoms with Crippen LogP contribution in [0.2, 0.25) is 0 Å². The van der Waals surface area contributed by atoms with E-state index in [1.54, 1.807) is 25.6 Å². The third kappa shape index (κ3) is 2.67. The molecule has 0 bridgehead atoms. The summed E-state index contributed by atoms with van der Waals surface area (Å²) in [6.07, 6.45) is 3.23. The molecule has 0 spiro atoms. The molecule has 0 radical (unpaired) electrons. The zero-order chi connectivity index (χ0) is 12.1. The molecule has 2 aromatic rings. The number of nitrogens with one attached hydrogen (secondary N) is 1. The molecule has 0 aliphatic heterocycles. The quantitative estimate of drug-likeness (QED) is 0.685. The van der Waals surface area contributed by atoms with Crippen molar-refractivity contribution >= 4 is 11.9 Å². The first-order chi connectivity index (χ1) is 8.31. The molecule has 2 aromatic heterocycles. The summed E-state index contributed by atoms with van der Waals surface area (Å²) in [7, 11) is 1.62. The van der Waals surface area contributed by atoms with Gasteiger partial charge in [0.15, 0.2) is 0 Å². The molecule has 2 rings (SSSR count). The van der Waals surface area contributed by atoms with E-state index >= 15 is 0 Å². The Balaban J connectivity index is 2.14. The van der Waals surface area contributed by atoms with Gasteiger partial charge in [0.2, 0.25) is 11.9 Å². The number of methoxy groups -OCH3 is 1. The second-order valence-electron chi connectivity index (χ2n) is 3.17. The van der Waals surface area contributed by atoms with E-state index in [2.05, 4.69) is 25.4 Å². The minimum atomic E-state index is 0.233. The SMILES string of the molecule is COCCNc1nc(N)n(-c2ncccn2)n1. The van der Waals surface area contributed by atoms with Crippen molar-refractivity contribution in [2.75, 3.05) is 31.3 Å². The van der Waals surface area contributed by atoms with Crippen molar-refractivity contribution in [3.63, 3.8) is 0 Å². The maximum Gasteiger partial charge on any atom is 0.253 e. The molecule has 3 N–H and O–H groups in total. The molecule has 8 heteroatoms. The van der Waals surface area contributed by atoms with Crippen LogP contribution in [0, 0.1) is 0 Å².